The summed E-state index contributed by atoms with van der Waals surface area (Å²) in [6.07, 6.45) is 5.16. The number of fused-ring (bicyclic) bond motifs is 1. The van der Waals surface area contributed by atoms with Crippen molar-refractivity contribution in [3.8, 4) is 0 Å². The molecule has 2 aliphatic rings. The fourth-order valence-electron chi connectivity index (χ4n) is 2.68. The summed E-state index contributed by atoms with van der Waals surface area (Å²) in [5.41, 5.74) is 6.42. The molecule has 2 heterocycles. The lowest BCUT2D eigenvalue weighted by Gasteiger charge is -2.42. The highest BCUT2D eigenvalue weighted by molar-refractivity contribution is 4.98. The molecule has 2 unspecified atom stereocenters. The van der Waals surface area contributed by atoms with Gasteiger partial charge < -0.3 is 5.73 Å². The molecule has 11 heavy (non-hydrogen) atoms. The van der Waals surface area contributed by atoms with Crippen molar-refractivity contribution in [2.45, 2.75) is 44.2 Å². The van der Waals surface area contributed by atoms with Crippen molar-refractivity contribution < 1.29 is 0 Å². The lowest BCUT2D eigenvalue weighted by Crippen LogP contribution is -2.51. The fraction of sp³-hybridized carbons (Fsp3) is 1.00. The Bertz CT molecular complexity index is 158. The van der Waals surface area contributed by atoms with Crippen LogP contribution in [0.2, 0.25) is 0 Å². The molecular formula is C9H18N2. The number of hydrogen-bond acceptors (Lipinski definition) is 2. The Morgan fingerprint density at radius 3 is 3.09 bits per heavy atom. The Labute approximate surface area is 68.7 Å². The van der Waals surface area contributed by atoms with E-state index in [1.807, 2.05) is 0 Å². The van der Waals surface area contributed by atoms with Crippen LogP contribution in [0.3, 0.4) is 0 Å². The van der Waals surface area contributed by atoms with Gasteiger partial charge in [-0.25, -0.2) is 0 Å². The zero-order valence-corrected chi connectivity index (χ0v) is 7.34. The first-order valence-electron chi connectivity index (χ1n) is 4.71. The van der Waals surface area contributed by atoms with E-state index in [9.17, 15) is 0 Å². The molecule has 2 fully saturated rings. The van der Waals surface area contributed by atoms with Crippen LogP contribution in [0.1, 0.15) is 32.6 Å². The molecule has 0 aliphatic carbocycles. The second-order valence-electron chi connectivity index (χ2n) is 4.34. The van der Waals surface area contributed by atoms with E-state index in [4.69, 9.17) is 5.73 Å². The van der Waals surface area contributed by atoms with Crippen molar-refractivity contribution in [2.24, 2.45) is 5.73 Å². The topological polar surface area (TPSA) is 29.3 Å². The van der Waals surface area contributed by atoms with E-state index in [1.54, 1.807) is 0 Å². The molecule has 2 N–H and O–H groups in total. The van der Waals surface area contributed by atoms with Crippen LogP contribution in [-0.2, 0) is 0 Å². The highest BCUT2D eigenvalue weighted by atomic mass is 15.2. The van der Waals surface area contributed by atoms with Gasteiger partial charge in [-0.1, -0.05) is 0 Å². The molecule has 2 atom stereocenters. The standard InChI is InChI=1S/C9H18N2/c1-9-4-2-5-11(9)6-3-8(10)7-9/h8H,2-7,10H2,1H3. The Morgan fingerprint density at radius 2 is 2.27 bits per heavy atom. The number of rotatable bonds is 0. The predicted octanol–water partition coefficient (Wildman–Crippen LogP) is 0.962. The Balaban J connectivity index is 2.10. The maximum atomic E-state index is 5.95. The van der Waals surface area contributed by atoms with Gasteiger partial charge in [-0.3, -0.25) is 4.90 Å². The van der Waals surface area contributed by atoms with Gasteiger partial charge in [-0.05, 0) is 39.2 Å². The molecule has 2 nitrogen and oxygen atoms in total. The number of hydrogen-bond donors (Lipinski definition) is 1. The van der Waals surface area contributed by atoms with E-state index in [0.717, 1.165) is 0 Å². The zero-order chi connectivity index (χ0) is 7.90. The van der Waals surface area contributed by atoms with Gasteiger partial charge in [0, 0.05) is 18.1 Å². The Kier molecular flexibility index (Phi) is 1.69. The highest BCUT2D eigenvalue weighted by Crippen LogP contribution is 2.36. The molecule has 0 aromatic carbocycles. The summed E-state index contributed by atoms with van der Waals surface area (Å²) in [7, 11) is 0. The van der Waals surface area contributed by atoms with Crippen LogP contribution in [0.4, 0.5) is 0 Å². The SMILES string of the molecule is CC12CCCN1CCC(N)C2. The molecule has 2 aliphatic heterocycles. The molecule has 0 aromatic heterocycles. The van der Waals surface area contributed by atoms with Gasteiger partial charge in [0.15, 0.2) is 0 Å². The molecule has 0 bridgehead atoms. The summed E-state index contributed by atoms with van der Waals surface area (Å²) >= 11 is 0. The molecule has 64 valence electrons. The van der Waals surface area contributed by atoms with E-state index in [1.165, 1.54) is 38.8 Å². The Morgan fingerprint density at radius 1 is 1.45 bits per heavy atom. The molecule has 0 aromatic rings. The van der Waals surface area contributed by atoms with Gasteiger partial charge in [0.1, 0.15) is 0 Å². The van der Waals surface area contributed by atoms with Crippen LogP contribution >= 0.6 is 0 Å². The van der Waals surface area contributed by atoms with Crippen molar-refractivity contribution >= 4 is 0 Å². The monoisotopic (exact) mass is 154 g/mol. The van der Waals surface area contributed by atoms with Crippen LogP contribution in [0.15, 0.2) is 0 Å². The van der Waals surface area contributed by atoms with Gasteiger partial charge >= 0.3 is 0 Å². The molecule has 0 spiro atoms. The highest BCUT2D eigenvalue weighted by Gasteiger charge is 2.40. The molecule has 2 rings (SSSR count). The van der Waals surface area contributed by atoms with Crippen LogP contribution in [-0.4, -0.2) is 29.6 Å². The zero-order valence-electron chi connectivity index (χ0n) is 7.34. The first-order valence-corrected chi connectivity index (χ1v) is 4.71. The van der Waals surface area contributed by atoms with Crippen molar-refractivity contribution in [2.75, 3.05) is 13.1 Å². The van der Waals surface area contributed by atoms with E-state index >= 15 is 0 Å². The summed E-state index contributed by atoms with van der Waals surface area (Å²) in [6.45, 7) is 4.92. The summed E-state index contributed by atoms with van der Waals surface area (Å²) in [6, 6.07) is 0.467. The largest absolute Gasteiger partial charge is 0.328 e. The molecule has 0 amide bonds. The summed E-state index contributed by atoms with van der Waals surface area (Å²) in [4.78, 5) is 2.62. The van der Waals surface area contributed by atoms with Crippen LogP contribution in [0.5, 0.6) is 0 Å². The van der Waals surface area contributed by atoms with E-state index in [-0.39, 0.29) is 0 Å². The van der Waals surface area contributed by atoms with Gasteiger partial charge in [0.2, 0.25) is 0 Å². The van der Waals surface area contributed by atoms with Crippen LogP contribution in [0.25, 0.3) is 0 Å². The van der Waals surface area contributed by atoms with Gasteiger partial charge in [0.25, 0.3) is 0 Å². The first-order chi connectivity index (χ1) is 5.21. The first kappa shape index (κ1) is 7.56. The average molecular weight is 154 g/mol. The molecule has 0 radical (unpaired) electrons. The van der Waals surface area contributed by atoms with Crippen LogP contribution in [0, 0.1) is 0 Å². The second-order valence-corrected chi connectivity index (χ2v) is 4.34. The minimum absolute atomic E-state index is 0.467. The maximum Gasteiger partial charge on any atom is 0.0196 e. The summed E-state index contributed by atoms with van der Waals surface area (Å²) in [5.74, 6) is 0. The van der Waals surface area contributed by atoms with E-state index in [0.29, 0.717) is 11.6 Å². The van der Waals surface area contributed by atoms with Crippen molar-refractivity contribution in [3.63, 3.8) is 0 Å². The van der Waals surface area contributed by atoms with E-state index < -0.39 is 0 Å². The molecule has 2 saturated heterocycles. The average Bonchev–Trinajstić information content (AvgIpc) is 2.28. The van der Waals surface area contributed by atoms with Gasteiger partial charge in [0.05, 0.1) is 0 Å². The fourth-order valence-corrected chi connectivity index (χ4v) is 2.68. The lowest BCUT2D eigenvalue weighted by atomic mass is 9.86. The molecular weight excluding hydrogens is 136 g/mol. The number of nitrogens with two attached hydrogens (primary N) is 1. The number of piperidine rings is 1. The maximum absolute atomic E-state index is 5.95. The molecule has 0 saturated carbocycles. The van der Waals surface area contributed by atoms with Gasteiger partial charge in [-0.2, -0.15) is 0 Å². The normalized spacial score (nSPS) is 45.8. The smallest absolute Gasteiger partial charge is 0.0196 e. The summed E-state index contributed by atoms with van der Waals surface area (Å²) in [5, 5.41) is 0. The summed E-state index contributed by atoms with van der Waals surface area (Å²) < 4.78 is 0. The number of nitrogens with zero attached hydrogens (tertiary/aromatic N) is 1. The third-order valence-electron chi connectivity index (χ3n) is 3.38. The minimum atomic E-state index is 0.467. The van der Waals surface area contributed by atoms with E-state index in [2.05, 4.69) is 11.8 Å². The van der Waals surface area contributed by atoms with Crippen molar-refractivity contribution in [1.82, 2.24) is 4.90 Å². The third-order valence-corrected chi connectivity index (χ3v) is 3.38. The molecule has 2 heteroatoms. The Hall–Kier alpha value is -0.0800. The second kappa shape index (κ2) is 2.46. The van der Waals surface area contributed by atoms with Crippen LogP contribution < -0.4 is 5.73 Å². The quantitative estimate of drug-likeness (QED) is 0.563. The van der Waals surface area contributed by atoms with Gasteiger partial charge in [-0.15, -0.1) is 0 Å². The minimum Gasteiger partial charge on any atom is -0.328 e. The van der Waals surface area contributed by atoms with Crippen molar-refractivity contribution in [1.29, 1.82) is 0 Å². The van der Waals surface area contributed by atoms with Crippen molar-refractivity contribution in [3.05, 3.63) is 0 Å². The third kappa shape index (κ3) is 1.18. The lowest BCUT2D eigenvalue weighted by molar-refractivity contribution is 0.0955. The predicted molar refractivity (Wildman–Crippen MR) is 46.4 cm³/mol.